The molecular weight excluding hydrogens is 410 g/mol. The minimum absolute atomic E-state index is 0.0648. The third-order valence-electron chi connectivity index (χ3n) is 6.32. The van der Waals surface area contributed by atoms with Gasteiger partial charge in [-0.25, -0.2) is 4.79 Å². The van der Waals surface area contributed by atoms with Crippen LogP contribution in [0.2, 0.25) is 0 Å². The highest BCUT2D eigenvalue weighted by Crippen LogP contribution is 2.43. The van der Waals surface area contributed by atoms with Crippen LogP contribution >= 0.6 is 0 Å². The number of carboxylic acids is 1. The van der Waals surface area contributed by atoms with E-state index in [-0.39, 0.29) is 6.61 Å². The number of para-hydroxylation sites is 1. The minimum atomic E-state index is -1.37. The van der Waals surface area contributed by atoms with Gasteiger partial charge in [-0.1, -0.05) is 103 Å². The summed E-state index contributed by atoms with van der Waals surface area (Å²) in [5.74, 6) is -0.923. The average molecular weight is 436 g/mol. The molecule has 0 saturated carbocycles. The topological polar surface area (TPSA) is 49.8 Å². The van der Waals surface area contributed by atoms with Crippen LogP contribution in [0, 0.1) is 0 Å². The lowest BCUT2D eigenvalue weighted by Gasteiger charge is -2.46. The molecule has 1 unspecified atom stereocenters. The van der Waals surface area contributed by atoms with Crippen LogP contribution in [0.4, 0.5) is 5.69 Å². The standard InChI is InChI=1S/C29H25NO3/c31-28(32)29(26-17-9-7-15-24(26)22-11-3-1-4-12-22)21-33-20-19-30(29)27-18-10-8-16-25(27)23-13-5-2-6-14-23/h1-18H,19-21H2,(H,31,32). The number of carbonyl (C=O) groups is 1. The van der Waals surface area contributed by atoms with Gasteiger partial charge in [-0.3, -0.25) is 0 Å². The molecule has 0 radical (unpaired) electrons. The third-order valence-corrected chi connectivity index (χ3v) is 6.32. The molecule has 4 nitrogen and oxygen atoms in total. The summed E-state index contributed by atoms with van der Waals surface area (Å²) in [4.78, 5) is 15.2. The molecule has 1 saturated heterocycles. The highest BCUT2D eigenvalue weighted by atomic mass is 16.5. The molecule has 164 valence electrons. The Balaban J connectivity index is 1.74. The Morgan fingerprint density at radius 3 is 1.94 bits per heavy atom. The van der Waals surface area contributed by atoms with E-state index in [1.807, 2.05) is 95.9 Å². The van der Waals surface area contributed by atoms with E-state index in [4.69, 9.17) is 4.74 Å². The van der Waals surface area contributed by atoms with Gasteiger partial charge in [0, 0.05) is 17.8 Å². The monoisotopic (exact) mass is 435 g/mol. The smallest absolute Gasteiger partial charge is 0.336 e. The van der Waals surface area contributed by atoms with Crippen molar-refractivity contribution in [3.63, 3.8) is 0 Å². The first-order valence-electron chi connectivity index (χ1n) is 11.1. The van der Waals surface area contributed by atoms with Gasteiger partial charge in [-0.2, -0.15) is 0 Å². The lowest BCUT2D eigenvalue weighted by Crippen LogP contribution is -2.60. The normalized spacial score (nSPS) is 18.1. The molecule has 4 heteroatoms. The summed E-state index contributed by atoms with van der Waals surface area (Å²) in [6.45, 7) is 1.00. The van der Waals surface area contributed by atoms with E-state index in [1.54, 1.807) is 0 Å². The molecule has 0 amide bonds. The summed E-state index contributed by atoms with van der Waals surface area (Å²) in [6, 6.07) is 35.8. The van der Waals surface area contributed by atoms with Gasteiger partial charge in [-0.05, 0) is 28.3 Å². The van der Waals surface area contributed by atoms with Crippen molar-refractivity contribution in [2.75, 3.05) is 24.7 Å². The fourth-order valence-electron chi connectivity index (χ4n) is 4.77. The maximum absolute atomic E-state index is 13.2. The van der Waals surface area contributed by atoms with Crippen LogP contribution in [-0.4, -0.2) is 30.8 Å². The molecule has 0 aromatic heterocycles. The molecule has 1 atom stereocenters. The quantitative estimate of drug-likeness (QED) is 0.428. The van der Waals surface area contributed by atoms with Crippen LogP contribution in [0.3, 0.4) is 0 Å². The van der Waals surface area contributed by atoms with Crippen molar-refractivity contribution in [1.29, 1.82) is 0 Å². The molecule has 1 aliphatic heterocycles. The van der Waals surface area contributed by atoms with Crippen molar-refractivity contribution in [2.24, 2.45) is 0 Å². The minimum Gasteiger partial charge on any atom is -0.479 e. The van der Waals surface area contributed by atoms with Gasteiger partial charge in [0.05, 0.1) is 13.2 Å². The van der Waals surface area contributed by atoms with Crippen molar-refractivity contribution in [3.05, 3.63) is 115 Å². The Hall–Kier alpha value is -3.89. The van der Waals surface area contributed by atoms with E-state index in [9.17, 15) is 9.90 Å². The van der Waals surface area contributed by atoms with E-state index < -0.39 is 11.5 Å². The number of nitrogens with zero attached hydrogens (tertiary/aromatic N) is 1. The van der Waals surface area contributed by atoms with Crippen molar-refractivity contribution in [2.45, 2.75) is 5.54 Å². The number of benzene rings is 4. The van der Waals surface area contributed by atoms with Crippen LogP contribution in [0.15, 0.2) is 109 Å². The number of aliphatic carboxylic acids is 1. The Kier molecular flexibility index (Phi) is 5.68. The second kappa shape index (κ2) is 8.93. The lowest BCUT2D eigenvalue weighted by atomic mass is 9.81. The molecule has 0 bridgehead atoms. The summed E-state index contributed by atoms with van der Waals surface area (Å²) in [5.41, 5.74) is 4.18. The molecular formula is C29H25NO3. The molecule has 4 aromatic carbocycles. The van der Waals surface area contributed by atoms with E-state index in [2.05, 4.69) is 18.2 Å². The zero-order chi connectivity index (χ0) is 22.7. The van der Waals surface area contributed by atoms with Gasteiger partial charge < -0.3 is 14.7 Å². The van der Waals surface area contributed by atoms with Crippen LogP contribution in [-0.2, 0) is 15.1 Å². The van der Waals surface area contributed by atoms with Crippen LogP contribution in [0.25, 0.3) is 22.3 Å². The number of ether oxygens (including phenoxy) is 1. The Labute approximate surface area is 193 Å². The highest BCUT2D eigenvalue weighted by molar-refractivity contribution is 5.92. The van der Waals surface area contributed by atoms with Gasteiger partial charge in [0.2, 0.25) is 0 Å². The molecule has 4 aromatic rings. The Morgan fingerprint density at radius 1 is 0.727 bits per heavy atom. The molecule has 0 spiro atoms. The third kappa shape index (κ3) is 3.69. The Morgan fingerprint density at radius 2 is 1.27 bits per heavy atom. The number of rotatable bonds is 5. The number of hydrogen-bond donors (Lipinski definition) is 1. The van der Waals surface area contributed by atoms with E-state index in [0.29, 0.717) is 13.2 Å². The zero-order valence-corrected chi connectivity index (χ0v) is 18.2. The van der Waals surface area contributed by atoms with Gasteiger partial charge in [-0.15, -0.1) is 0 Å². The maximum atomic E-state index is 13.2. The first-order chi connectivity index (χ1) is 16.2. The molecule has 0 aliphatic carbocycles. The summed E-state index contributed by atoms with van der Waals surface area (Å²) in [7, 11) is 0. The van der Waals surface area contributed by atoms with Crippen LogP contribution in [0.1, 0.15) is 5.56 Å². The van der Waals surface area contributed by atoms with E-state index in [1.165, 1.54) is 0 Å². The number of carboxylic acid groups (broad SMARTS) is 1. The van der Waals surface area contributed by atoms with Crippen LogP contribution < -0.4 is 4.90 Å². The van der Waals surface area contributed by atoms with Crippen molar-refractivity contribution >= 4 is 11.7 Å². The molecule has 1 heterocycles. The summed E-state index contributed by atoms with van der Waals surface area (Å²) < 4.78 is 5.87. The number of hydrogen-bond acceptors (Lipinski definition) is 3. The summed E-state index contributed by atoms with van der Waals surface area (Å²) in [5, 5.41) is 10.8. The second-order valence-electron chi connectivity index (χ2n) is 8.16. The molecule has 1 aliphatic rings. The molecule has 33 heavy (non-hydrogen) atoms. The SMILES string of the molecule is O=C(O)C1(c2ccccc2-c2ccccc2)COCCN1c1ccccc1-c1ccccc1. The van der Waals surface area contributed by atoms with Crippen molar-refractivity contribution < 1.29 is 14.6 Å². The Bertz CT molecular complexity index is 1260. The number of morpholine rings is 1. The number of anilines is 1. The predicted octanol–water partition coefficient (Wildman–Crippen LogP) is 5.84. The molecule has 5 rings (SSSR count). The lowest BCUT2D eigenvalue weighted by molar-refractivity contribution is -0.148. The fraction of sp³-hybridized carbons (Fsp3) is 0.138. The van der Waals surface area contributed by atoms with Gasteiger partial charge in [0.15, 0.2) is 5.54 Å². The molecule has 1 N–H and O–H groups in total. The average Bonchev–Trinajstić information content (AvgIpc) is 2.89. The maximum Gasteiger partial charge on any atom is 0.336 e. The summed E-state index contributed by atoms with van der Waals surface area (Å²) in [6.07, 6.45) is 0. The van der Waals surface area contributed by atoms with E-state index in [0.717, 1.165) is 33.5 Å². The highest BCUT2D eigenvalue weighted by Gasteiger charge is 2.50. The first-order valence-corrected chi connectivity index (χ1v) is 11.1. The fourth-order valence-corrected chi connectivity index (χ4v) is 4.77. The predicted molar refractivity (Wildman–Crippen MR) is 131 cm³/mol. The summed E-state index contributed by atoms with van der Waals surface area (Å²) >= 11 is 0. The van der Waals surface area contributed by atoms with Crippen molar-refractivity contribution in [1.82, 2.24) is 0 Å². The first kappa shape index (κ1) is 21.0. The van der Waals surface area contributed by atoms with Crippen LogP contribution in [0.5, 0.6) is 0 Å². The van der Waals surface area contributed by atoms with Gasteiger partial charge >= 0.3 is 5.97 Å². The van der Waals surface area contributed by atoms with Gasteiger partial charge in [0.1, 0.15) is 0 Å². The van der Waals surface area contributed by atoms with Gasteiger partial charge in [0.25, 0.3) is 0 Å². The van der Waals surface area contributed by atoms with E-state index >= 15 is 0 Å². The zero-order valence-electron chi connectivity index (χ0n) is 18.2. The second-order valence-corrected chi connectivity index (χ2v) is 8.16. The largest absolute Gasteiger partial charge is 0.479 e. The molecule has 1 fully saturated rings. The van der Waals surface area contributed by atoms with Crippen molar-refractivity contribution in [3.8, 4) is 22.3 Å².